The zero-order chi connectivity index (χ0) is 21.6. The summed E-state index contributed by atoms with van der Waals surface area (Å²) in [6.45, 7) is 5.79. The minimum absolute atomic E-state index is 0.0125. The molecule has 6 nitrogen and oxygen atoms in total. The Morgan fingerprint density at radius 3 is 2.32 bits per heavy atom. The quantitative estimate of drug-likeness (QED) is 0.779. The summed E-state index contributed by atoms with van der Waals surface area (Å²) in [5, 5.41) is 3.10. The van der Waals surface area contributed by atoms with E-state index in [1.165, 1.54) is 11.1 Å². The maximum atomic E-state index is 12.6. The number of carbonyl (C=O) groups excluding carboxylic acids is 2. The summed E-state index contributed by atoms with van der Waals surface area (Å²) in [4.78, 5) is 29.0. The van der Waals surface area contributed by atoms with Crippen molar-refractivity contribution in [3.63, 3.8) is 0 Å². The maximum absolute atomic E-state index is 12.6. The third-order valence-electron chi connectivity index (χ3n) is 6.15. The summed E-state index contributed by atoms with van der Waals surface area (Å²) in [7, 11) is 0. The van der Waals surface area contributed by atoms with Gasteiger partial charge in [0.2, 0.25) is 5.91 Å². The third-order valence-corrected chi connectivity index (χ3v) is 6.15. The van der Waals surface area contributed by atoms with E-state index >= 15 is 0 Å². The number of nitrogens with one attached hydrogen (secondary N) is 1. The van der Waals surface area contributed by atoms with Crippen LogP contribution in [0, 0.1) is 0 Å². The second-order valence-electron chi connectivity index (χ2n) is 8.38. The Hall–Kier alpha value is -2.70. The molecule has 164 valence electrons. The number of benzene rings is 2. The van der Waals surface area contributed by atoms with Crippen LogP contribution in [0.15, 0.2) is 54.6 Å². The van der Waals surface area contributed by atoms with Gasteiger partial charge in [-0.25, -0.2) is 0 Å². The number of hydrogen-bond donors (Lipinski definition) is 1. The Bertz CT molecular complexity index is 871. The Labute approximate surface area is 184 Å². The molecular weight excluding hydrogens is 390 g/mol. The third kappa shape index (κ3) is 5.51. The molecule has 2 saturated heterocycles. The molecule has 2 aromatic rings. The molecule has 2 aliphatic rings. The molecule has 0 spiro atoms. The van der Waals surface area contributed by atoms with Crippen molar-refractivity contribution in [1.29, 1.82) is 0 Å². The van der Waals surface area contributed by atoms with Crippen molar-refractivity contribution in [3.8, 4) is 11.1 Å². The number of ether oxygens (including phenoxy) is 1. The van der Waals surface area contributed by atoms with Crippen molar-refractivity contribution in [2.45, 2.75) is 31.9 Å². The van der Waals surface area contributed by atoms with Gasteiger partial charge in [-0.15, -0.1) is 0 Å². The SMILES string of the molecule is C[C@H](NC(=O)CN1CCN(C(=O)[C@H]2CCCO2)CC1)c1ccc(-c2ccccc2)cc1. The van der Waals surface area contributed by atoms with Crippen LogP contribution < -0.4 is 5.32 Å². The van der Waals surface area contributed by atoms with Crippen molar-refractivity contribution < 1.29 is 14.3 Å². The van der Waals surface area contributed by atoms with Crippen LogP contribution in [-0.2, 0) is 14.3 Å². The molecular formula is C25H31N3O3. The number of piperazine rings is 1. The van der Waals surface area contributed by atoms with Gasteiger partial charge in [0.05, 0.1) is 12.6 Å². The van der Waals surface area contributed by atoms with Crippen LogP contribution in [0.4, 0.5) is 0 Å². The summed E-state index contributed by atoms with van der Waals surface area (Å²) in [6.07, 6.45) is 1.53. The molecule has 1 N–H and O–H groups in total. The topological polar surface area (TPSA) is 61.9 Å². The van der Waals surface area contributed by atoms with Gasteiger partial charge in [-0.3, -0.25) is 14.5 Å². The summed E-state index contributed by atoms with van der Waals surface area (Å²) in [6, 6.07) is 18.5. The number of hydrogen-bond acceptors (Lipinski definition) is 4. The van der Waals surface area contributed by atoms with Crippen LogP contribution >= 0.6 is 0 Å². The van der Waals surface area contributed by atoms with E-state index < -0.39 is 0 Å². The van der Waals surface area contributed by atoms with Crippen molar-refractivity contribution in [2.24, 2.45) is 0 Å². The van der Waals surface area contributed by atoms with Gasteiger partial charge in [0.1, 0.15) is 6.10 Å². The summed E-state index contributed by atoms with van der Waals surface area (Å²) >= 11 is 0. The number of amides is 2. The van der Waals surface area contributed by atoms with Crippen LogP contribution in [0.3, 0.4) is 0 Å². The molecule has 2 aromatic carbocycles. The smallest absolute Gasteiger partial charge is 0.251 e. The van der Waals surface area contributed by atoms with Crippen molar-refractivity contribution in [2.75, 3.05) is 39.3 Å². The van der Waals surface area contributed by atoms with Gasteiger partial charge in [-0.1, -0.05) is 54.6 Å². The average molecular weight is 422 g/mol. The van der Waals surface area contributed by atoms with Gasteiger partial charge in [0.15, 0.2) is 0 Å². The molecule has 4 rings (SSSR count). The van der Waals surface area contributed by atoms with E-state index in [0.29, 0.717) is 39.3 Å². The van der Waals surface area contributed by atoms with Crippen LogP contribution in [0.1, 0.15) is 31.4 Å². The fourth-order valence-electron chi connectivity index (χ4n) is 4.27. The molecule has 0 aromatic heterocycles. The molecule has 2 atom stereocenters. The molecule has 0 unspecified atom stereocenters. The van der Waals surface area contributed by atoms with E-state index in [4.69, 9.17) is 4.74 Å². The van der Waals surface area contributed by atoms with Crippen LogP contribution in [0.2, 0.25) is 0 Å². The minimum Gasteiger partial charge on any atom is -0.368 e. The van der Waals surface area contributed by atoms with Crippen molar-refractivity contribution in [1.82, 2.24) is 15.1 Å². The molecule has 0 saturated carbocycles. The fraction of sp³-hybridized carbons (Fsp3) is 0.440. The summed E-state index contributed by atoms with van der Waals surface area (Å²) in [5.41, 5.74) is 3.43. The van der Waals surface area contributed by atoms with Gasteiger partial charge in [0.25, 0.3) is 5.91 Å². The van der Waals surface area contributed by atoms with Crippen molar-refractivity contribution in [3.05, 3.63) is 60.2 Å². The zero-order valence-electron chi connectivity index (χ0n) is 18.1. The first kappa shape index (κ1) is 21.5. The van der Waals surface area contributed by atoms with Crippen LogP contribution in [0.25, 0.3) is 11.1 Å². The molecule has 31 heavy (non-hydrogen) atoms. The lowest BCUT2D eigenvalue weighted by Crippen LogP contribution is -2.53. The lowest BCUT2D eigenvalue weighted by atomic mass is 10.0. The first-order chi connectivity index (χ1) is 15.1. The predicted molar refractivity (Wildman–Crippen MR) is 120 cm³/mol. The van der Waals surface area contributed by atoms with E-state index in [0.717, 1.165) is 18.4 Å². The molecule has 2 heterocycles. The highest BCUT2D eigenvalue weighted by Gasteiger charge is 2.30. The second kappa shape index (κ2) is 10.1. The highest BCUT2D eigenvalue weighted by Crippen LogP contribution is 2.22. The van der Waals surface area contributed by atoms with E-state index in [2.05, 4.69) is 46.6 Å². The van der Waals surface area contributed by atoms with Gasteiger partial charge in [-0.05, 0) is 36.5 Å². The van der Waals surface area contributed by atoms with E-state index in [1.54, 1.807) is 0 Å². The predicted octanol–water partition coefficient (Wildman–Crippen LogP) is 2.85. The van der Waals surface area contributed by atoms with Gasteiger partial charge >= 0.3 is 0 Å². The van der Waals surface area contributed by atoms with Gasteiger partial charge < -0.3 is 15.0 Å². The number of carbonyl (C=O) groups is 2. The summed E-state index contributed by atoms with van der Waals surface area (Å²) < 4.78 is 5.51. The molecule has 2 aliphatic heterocycles. The maximum Gasteiger partial charge on any atom is 0.251 e. The molecule has 0 radical (unpaired) electrons. The van der Waals surface area contributed by atoms with Gasteiger partial charge in [0, 0.05) is 32.8 Å². The van der Waals surface area contributed by atoms with E-state index in [-0.39, 0.29) is 24.0 Å². The lowest BCUT2D eigenvalue weighted by Gasteiger charge is -2.35. The van der Waals surface area contributed by atoms with Crippen LogP contribution in [0.5, 0.6) is 0 Å². The van der Waals surface area contributed by atoms with E-state index in [9.17, 15) is 9.59 Å². The Morgan fingerprint density at radius 1 is 1.00 bits per heavy atom. The standard InChI is InChI=1S/C25H31N3O3/c1-19(20-9-11-22(12-10-20)21-6-3-2-4-7-21)26-24(29)18-27-13-15-28(16-14-27)25(30)23-8-5-17-31-23/h2-4,6-7,9-12,19,23H,5,8,13-18H2,1H3,(H,26,29)/t19-,23+/m0/s1. The largest absolute Gasteiger partial charge is 0.368 e. The highest BCUT2D eigenvalue weighted by atomic mass is 16.5. The van der Waals surface area contributed by atoms with Crippen molar-refractivity contribution >= 4 is 11.8 Å². The average Bonchev–Trinajstić information content (AvgIpc) is 3.35. The molecule has 0 aliphatic carbocycles. The zero-order valence-corrected chi connectivity index (χ0v) is 18.1. The molecule has 6 heteroatoms. The van der Waals surface area contributed by atoms with E-state index in [1.807, 2.05) is 30.0 Å². The number of rotatable bonds is 6. The number of nitrogens with zero attached hydrogens (tertiary/aromatic N) is 2. The normalized spacial score (nSPS) is 20.4. The second-order valence-corrected chi connectivity index (χ2v) is 8.38. The summed E-state index contributed by atoms with van der Waals surface area (Å²) in [5.74, 6) is 0.118. The Morgan fingerprint density at radius 2 is 1.68 bits per heavy atom. The fourth-order valence-corrected chi connectivity index (χ4v) is 4.27. The lowest BCUT2D eigenvalue weighted by molar-refractivity contribution is -0.142. The van der Waals surface area contributed by atoms with Crippen LogP contribution in [-0.4, -0.2) is 67.0 Å². The minimum atomic E-state index is -0.260. The Kier molecular flexibility index (Phi) is 6.99. The Balaban J connectivity index is 1.23. The first-order valence-corrected chi connectivity index (χ1v) is 11.2. The highest BCUT2D eigenvalue weighted by molar-refractivity contribution is 5.81. The molecule has 2 amide bonds. The molecule has 2 fully saturated rings. The molecule has 0 bridgehead atoms. The van der Waals surface area contributed by atoms with Gasteiger partial charge in [-0.2, -0.15) is 0 Å². The monoisotopic (exact) mass is 421 g/mol. The first-order valence-electron chi connectivity index (χ1n) is 11.2.